The summed E-state index contributed by atoms with van der Waals surface area (Å²) >= 11 is 0. The molecule has 1 atom stereocenters. The van der Waals surface area contributed by atoms with Crippen LogP contribution in [0.1, 0.15) is 23.2 Å². The van der Waals surface area contributed by atoms with Gasteiger partial charge in [0.2, 0.25) is 0 Å². The first-order chi connectivity index (χ1) is 9.15. The molecule has 1 heterocycles. The molecule has 1 amide bonds. The Hall–Kier alpha value is -2.09. The van der Waals surface area contributed by atoms with E-state index in [9.17, 15) is 9.18 Å². The molecular weight excluding hydrogens is 247 g/mol. The number of ether oxygens (including phenoxy) is 1. The van der Waals surface area contributed by atoms with Gasteiger partial charge in [-0.25, -0.2) is 4.39 Å². The van der Waals surface area contributed by atoms with Gasteiger partial charge in [0.1, 0.15) is 0 Å². The summed E-state index contributed by atoms with van der Waals surface area (Å²) in [5.74, 6) is -0.731. The minimum atomic E-state index is -0.493. The molecule has 1 fully saturated rings. The largest absolute Gasteiger partial charge is 0.494 e. The maximum atomic E-state index is 13.3. The molecule has 19 heavy (non-hydrogen) atoms. The summed E-state index contributed by atoms with van der Waals surface area (Å²) in [6, 6.07) is 6.25. The van der Waals surface area contributed by atoms with Crippen molar-refractivity contribution in [1.82, 2.24) is 4.90 Å². The van der Waals surface area contributed by atoms with Gasteiger partial charge >= 0.3 is 0 Å². The predicted octanol–water partition coefficient (Wildman–Crippen LogP) is 2.21. The highest BCUT2D eigenvalue weighted by molar-refractivity contribution is 5.94. The summed E-state index contributed by atoms with van der Waals surface area (Å²) in [7, 11) is 1.36. The Kier molecular flexibility index (Phi) is 4.00. The topological polar surface area (TPSA) is 53.3 Å². The molecule has 100 valence electrons. The first-order valence-electron chi connectivity index (χ1n) is 6.18. The van der Waals surface area contributed by atoms with Crippen molar-refractivity contribution >= 4 is 5.91 Å². The number of likely N-dealkylation sites (tertiary alicyclic amines) is 1. The Morgan fingerprint density at radius 1 is 1.58 bits per heavy atom. The van der Waals surface area contributed by atoms with Crippen molar-refractivity contribution in [2.75, 3.05) is 20.2 Å². The summed E-state index contributed by atoms with van der Waals surface area (Å²) in [4.78, 5) is 13.9. The number of amides is 1. The fourth-order valence-electron chi connectivity index (χ4n) is 2.24. The third-order valence-corrected chi connectivity index (χ3v) is 3.29. The van der Waals surface area contributed by atoms with Crippen LogP contribution in [0.3, 0.4) is 0 Å². The Balaban J connectivity index is 2.17. The Morgan fingerprint density at radius 2 is 2.37 bits per heavy atom. The van der Waals surface area contributed by atoms with Crippen LogP contribution in [0.25, 0.3) is 0 Å². The molecule has 0 spiro atoms. The highest BCUT2D eigenvalue weighted by Gasteiger charge is 2.24. The lowest BCUT2D eigenvalue weighted by Crippen LogP contribution is -2.39. The van der Waals surface area contributed by atoms with Gasteiger partial charge in [-0.05, 0) is 31.0 Å². The van der Waals surface area contributed by atoms with Gasteiger partial charge in [-0.3, -0.25) is 4.79 Å². The average molecular weight is 262 g/mol. The number of hydrogen-bond donors (Lipinski definition) is 0. The molecule has 0 N–H and O–H groups in total. The highest BCUT2D eigenvalue weighted by Crippen LogP contribution is 2.22. The van der Waals surface area contributed by atoms with Crippen molar-refractivity contribution in [2.24, 2.45) is 5.92 Å². The van der Waals surface area contributed by atoms with Crippen molar-refractivity contribution in [2.45, 2.75) is 12.8 Å². The number of nitriles is 1. The first kappa shape index (κ1) is 13.3. The second-order valence-corrected chi connectivity index (χ2v) is 4.57. The van der Waals surface area contributed by atoms with Crippen LogP contribution in [-0.2, 0) is 0 Å². The molecule has 1 aliphatic rings. The average Bonchev–Trinajstić information content (AvgIpc) is 2.47. The van der Waals surface area contributed by atoms with Crippen LogP contribution in [0, 0.1) is 23.1 Å². The van der Waals surface area contributed by atoms with Crippen molar-refractivity contribution in [3.05, 3.63) is 29.6 Å². The van der Waals surface area contributed by atoms with Gasteiger partial charge < -0.3 is 9.64 Å². The molecule has 4 nitrogen and oxygen atoms in total. The zero-order valence-electron chi connectivity index (χ0n) is 10.7. The lowest BCUT2D eigenvalue weighted by atomic mass is 9.99. The van der Waals surface area contributed by atoms with E-state index in [0.29, 0.717) is 18.7 Å². The van der Waals surface area contributed by atoms with E-state index in [1.165, 1.54) is 25.3 Å². The number of halogens is 1. The molecule has 0 radical (unpaired) electrons. The zero-order chi connectivity index (χ0) is 13.8. The van der Waals surface area contributed by atoms with Gasteiger partial charge in [0.15, 0.2) is 11.6 Å². The number of methoxy groups -OCH3 is 1. The van der Waals surface area contributed by atoms with Crippen LogP contribution in [0.15, 0.2) is 18.2 Å². The smallest absolute Gasteiger partial charge is 0.254 e. The van der Waals surface area contributed by atoms with Crippen LogP contribution in [0.2, 0.25) is 0 Å². The maximum Gasteiger partial charge on any atom is 0.254 e. The number of carbonyl (C=O) groups excluding carboxylic acids is 1. The van der Waals surface area contributed by atoms with Crippen molar-refractivity contribution in [1.29, 1.82) is 5.26 Å². The van der Waals surface area contributed by atoms with Crippen molar-refractivity contribution in [3.63, 3.8) is 0 Å². The van der Waals surface area contributed by atoms with E-state index in [4.69, 9.17) is 10.00 Å². The van der Waals surface area contributed by atoms with Gasteiger partial charge in [-0.1, -0.05) is 0 Å². The van der Waals surface area contributed by atoms with Crippen LogP contribution < -0.4 is 4.74 Å². The first-order valence-corrected chi connectivity index (χ1v) is 6.18. The SMILES string of the molecule is COc1cc(C(=O)N2CCCC(C#N)C2)ccc1F. The van der Waals surface area contributed by atoms with E-state index in [0.717, 1.165) is 12.8 Å². The van der Waals surface area contributed by atoms with Gasteiger partial charge in [0.25, 0.3) is 5.91 Å². The van der Waals surface area contributed by atoms with Gasteiger partial charge in [-0.2, -0.15) is 5.26 Å². The van der Waals surface area contributed by atoms with Crippen LogP contribution in [0.5, 0.6) is 5.75 Å². The second-order valence-electron chi connectivity index (χ2n) is 4.57. The molecule has 1 aromatic carbocycles. The second kappa shape index (κ2) is 5.70. The van der Waals surface area contributed by atoms with Crippen molar-refractivity contribution < 1.29 is 13.9 Å². The number of carbonyl (C=O) groups is 1. The Morgan fingerprint density at radius 3 is 3.05 bits per heavy atom. The Labute approximate surface area is 111 Å². The van der Waals surface area contributed by atoms with Crippen molar-refractivity contribution in [3.8, 4) is 11.8 Å². The number of rotatable bonds is 2. The molecule has 0 aromatic heterocycles. The van der Waals surface area contributed by atoms with E-state index in [1.807, 2.05) is 0 Å². The normalized spacial score (nSPS) is 18.8. The quantitative estimate of drug-likeness (QED) is 0.821. The molecule has 1 unspecified atom stereocenters. The van der Waals surface area contributed by atoms with Gasteiger partial charge in [0, 0.05) is 18.7 Å². The summed E-state index contributed by atoms with van der Waals surface area (Å²) in [5.41, 5.74) is 0.386. The highest BCUT2D eigenvalue weighted by atomic mass is 19.1. The molecule has 1 aliphatic heterocycles. The minimum absolute atomic E-state index is 0.0553. The molecule has 0 saturated carbocycles. The number of benzene rings is 1. The van der Waals surface area contributed by atoms with Crippen LogP contribution >= 0.6 is 0 Å². The lowest BCUT2D eigenvalue weighted by molar-refractivity contribution is 0.0698. The number of piperidine rings is 1. The predicted molar refractivity (Wildman–Crippen MR) is 67.2 cm³/mol. The summed E-state index contributed by atoms with van der Waals surface area (Å²) in [5, 5.41) is 8.92. The van der Waals surface area contributed by atoms with Gasteiger partial charge in [-0.15, -0.1) is 0 Å². The van der Waals surface area contributed by atoms with Crippen LogP contribution in [-0.4, -0.2) is 31.0 Å². The van der Waals surface area contributed by atoms with Gasteiger partial charge in [0.05, 0.1) is 19.1 Å². The molecular formula is C14H15FN2O2. The van der Waals surface area contributed by atoms with E-state index in [2.05, 4.69) is 6.07 Å². The summed E-state index contributed by atoms with van der Waals surface area (Å²) in [6.07, 6.45) is 1.65. The minimum Gasteiger partial charge on any atom is -0.494 e. The fraction of sp³-hybridized carbons (Fsp3) is 0.429. The van der Waals surface area contributed by atoms with Crippen LogP contribution in [0.4, 0.5) is 4.39 Å². The molecule has 0 bridgehead atoms. The number of hydrogen-bond acceptors (Lipinski definition) is 3. The van der Waals surface area contributed by atoms with E-state index in [-0.39, 0.29) is 17.6 Å². The summed E-state index contributed by atoms with van der Waals surface area (Å²) in [6.45, 7) is 1.08. The number of nitrogens with zero attached hydrogens (tertiary/aromatic N) is 2. The fourth-order valence-corrected chi connectivity index (χ4v) is 2.24. The molecule has 2 rings (SSSR count). The summed E-state index contributed by atoms with van der Waals surface area (Å²) < 4.78 is 18.2. The zero-order valence-corrected chi connectivity index (χ0v) is 10.7. The monoisotopic (exact) mass is 262 g/mol. The molecule has 1 aromatic rings. The molecule has 5 heteroatoms. The lowest BCUT2D eigenvalue weighted by Gasteiger charge is -2.29. The third-order valence-electron chi connectivity index (χ3n) is 3.29. The maximum absolute atomic E-state index is 13.3. The van der Waals surface area contributed by atoms with E-state index >= 15 is 0 Å². The standard InChI is InChI=1S/C14H15FN2O2/c1-19-13-7-11(4-5-12(13)15)14(18)17-6-2-3-10(8-16)9-17/h4-5,7,10H,2-3,6,9H2,1H3. The Bertz CT molecular complexity index is 525. The van der Waals surface area contributed by atoms with E-state index in [1.54, 1.807) is 4.90 Å². The third kappa shape index (κ3) is 2.84. The van der Waals surface area contributed by atoms with E-state index < -0.39 is 5.82 Å². The molecule has 1 saturated heterocycles. The molecule has 0 aliphatic carbocycles.